The third-order valence-electron chi connectivity index (χ3n) is 5.21. The maximum Gasteiger partial charge on any atom is 0.266 e. The normalized spacial score (nSPS) is 11.1. The molecule has 1 amide bonds. The number of hydrogen-bond donors (Lipinski definition) is 0. The van der Waals surface area contributed by atoms with Crippen molar-refractivity contribution in [2.75, 3.05) is 25.2 Å². The van der Waals surface area contributed by atoms with Crippen LogP contribution >= 0.6 is 22.9 Å². The van der Waals surface area contributed by atoms with Crippen LogP contribution in [0.3, 0.4) is 0 Å². The Bertz CT molecular complexity index is 1300. The average molecular weight is 485 g/mol. The quantitative estimate of drug-likeness (QED) is 0.344. The van der Waals surface area contributed by atoms with Crippen molar-refractivity contribution in [2.24, 2.45) is 0 Å². The molecule has 0 N–H and O–H groups in total. The predicted octanol–water partition coefficient (Wildman–Crippen LogP) is 5.19. The third kappa shape index (κ3) is 5.29. The second-order valence-electron chi connectivity index (χ2n) is 7.73. The molecule has 4 rings (SSSR count). The molecule has 2 aromatic carbocycles. The van der Waals surface area contributed by atoms with Gasteiger partial charge in [-0.1, -0.05) is 29.0 Å². The van der Waals surface area contributed by atoms with Crippen LogP contribution in [0.2, 0.25) is 5.02 Å². The summed E-state index contributed by atoms with van der Waals surface area (Å²) in [4.78, 5) is 19.7. The monoisotopic (exact) mass is 484 g/mol. The fraction of sp³-hybridized carbons (Fsp3) is 0.292. The summed E-state index contributed by atoms with van der Waals surface area (Å²) in [6.45, 7) is 6.75. The van der Waals surface area contributed by atoms with Crippen LogP contribution in [0.25, 0.3) is 10.2 Å². The van der Waals surface area contributed by atoms with Crippen LogP contribution in [0, 0.1) is 20.8 Å². The van der Waals surface area contributed by atoms with Gasteiger partial charge in [0.25, 0.3) is 5.91 Å². The fourth-order valence-electron chi connectivity index (χ4n) is 3.60. The van der Waals surface area contributed by atoms with E-state index >= 15 is 0 Å². The number of aryl methyl sites for hydroxylation is 3. The molecule has 0 radical (unpaired) electrons. The Morgan fingerprint density at radius 2 is 1.94 bits per heavy atom. The van der Waals surface area contributed by atoms with Crippen LogP contribution in [-0.2, 0) is 11.3 Å². The van der Waals surface area contributed by atoms with Gasteiger partial charge >= 0.3 is 0 Å². The van der Waals surface area contributed by atoms with Crippen molar-refractivity contribution in [3.8, 4) is 11.5 Å². The van der Waals surface area contributed by atoms with Gasteiger partial charge in [0.2, 0.25) is 0 Å². The number of halogens is 1. The number of benzene rings is 2. The molecule has 0 aliphatic rings. The Kier molecular flexibility index (Phi) is 6.85. The molecule has 0 aliphatic carbocycles. The molecular weight excluding hydrogens is 460 g/mol. The van der Waals surface area contributed by atoms with Crippen molar-refractivity contribution in [3.63, 3.8) is 0 Å². The van der Waals surface area contributed by atoms with Gasteiger partial charge in [0.1, 0.15) is 11.5 Å². The van der Waals surface area contributed by atoms with Crippen molar-refractivity contribution in [3.05, 3.63) is 64.4 Å². The number of amides is 1. The molecule has 0 saturated heterocycles. The van der Waals surface area contributed by atoms with Gasteiger partial charge in [-0.3, -0.25) is 14.4 Å². The molecule has 172 valence electrons. The van der Waals surface area contributed by atoms with Gasteiger partial charge in [0, 0.05) is 23.3 Å². The summed E-state index contributed by atoms with van der Waals surface area (Å²) in [5.41, 5.74) is 3.80. The van der Waals surface area contributed by atoms with Gasteiger partial charge in [-0.15, -0.1) is 0 Å². The predicted molar refractivity (Wildman–Crippen MR) is 132 cm³/mol. The van der Waals surface area contributed by atoms with Gasteiger partial charge in [-0.2, -0.15) is 5.10 Å². The number of thiazole rings is 1. The minimum absolute atomic E-state index is 0.125. The van der Waals surface area contributed by atoms with Gasteiger partial charge in [0.15, 0.2) is 11.7 Å². The molecule has 0 spiro atoms. The molecule has 0 unspecified atom stereocenters. The van der Waals surface area contributed by atoms with Gasteiger partial charge in [-0.25, -0.2) is 4.98 Å². The van der Waals surface area contributed by atoms with Crippen molar-refractivity contribution < 1.29 is 14.3 Å². The number of nitrogens with zero attached hydrogens (tertiary/aromatic N) is 4. The molecule has 0 fully saturated rings. The molecule has 9 heteroatoms. The number of fused-ring (bicyclic) bond motifs is 1. The lowest BCUT2D eigenvalue weighted by Gasteiger charge is -2.20. The van der Waals surface area contributed by atoms with E-state index in [1.54, 1.807) is 24.1 Å². The van der Waals surface area contributed by atoms with Crippen molar-refractivity contribution in [2.45, 2.75) is 27.3 Å². The second kappa shape index (κ2) is 9.80. The third-order valence-corrected chi connectivity index (χ3v) is 6.46. The summed E-state index contributed by atoms with van der Waals surface area (Å²) in [5.74, 6) is 1.04. The minimum Gasteiger partial charge on any atom is -0.497 e. The van der Waals surface area contributed by atoms with Gasteiger partial charge < -0.3 is 9.47 Å². The van der Waals surface area contributed by atoms with E-state index in [4.69, 9.17) is 26.1 Å². The number of carbonyl (C=O) groups is 1. The summed E-state index contributed by atoms with van der Waals surface area (Å²) < 4.78 is 13.8. The first-order chi connectivity index (χ1) is 15.8. The lowest BCUT2D eigenvalue weighted by Crippen LogP contribution is -2.37. The van der Waals surface area contributed by atoms with Crippen LogP contribution in [-0.4, -0.2) is 40.9 Å². The highest BCUT2D eigenvalue weighted by molar-refractivity contribution is 7.22. The lowest BCUT2D eigenvalue weighted by atomic mass is 10.2. The van der Waals surface area contributed by atoms with Crippen LogP contribution in [0.1, 0.15) is 17.0 Å². The number of anilines is 1. The van der Waals surface area contributed by atoms with Gasteiger partial charge in [0.05, 0.1) is 29.6 Å². The smallest absolute Gasteiger partial charge is 0.266 e. The molecular formula is C24H25ClN4O3S. The Morgan fingerprint density at radius 1 is 1.15 bits per heavy atom. The number of aromatic nitrogens is 3. The SMILES string of the molecule is COc1cccc(OCC(=O)N(CCn2nc(C)cc2C)c2nc3c(C)cc(Cl)cc3s2)c1. The molecule has 7 nitrogen and oxygen atoms in total. The van der Waals surface area contributed by atoms with E-state index < -0.39 is 0 Å². The maximum absolute atomic E-state index is 13.3. The first-order valence-corrected chi connectivity index (χ1v) is 11.7. The van der Waals surface area contributed by atoms with E-state index in [2.05, 4.69) is 5.10 Å². The van der Waals surface area contributed by atoms with E-state index in [9.17, 15) is 4.79 Å². The van der Waals surface area contributed by atoms with Crippen LogP contribution in [0.15, 0.2) is 42.5 Å². The zero-order valence-electron chi connectivity index (χ0n) is 19.0. The average Bonchev–Trinajstić information content (AvgIpc) is 3.35. The number of hydrogen-bond acceptors (Lipinski definition) is 6. The summed E-state index contributed by atoms with van der Waals surface area (Å²) in [6, 6.07) is 12.9. The highest BCUT2D eigenvalue weighted by Crippen LogP contribution is 2.33. The maximum atomic E-state index is 13.3. The Balaban J connectivity index is 1.59. The number of methoxy groups -OCH3 is 1. The van der Waals surface area contributed by atoms with E-state index in [0.29, 0.717) is 34.7 Å². The highest BCUT2D eigenvalue weighted by atomic mass is 35.5. The summed E-state index contributed by atoms with van der Waals surface area (Å²) >= 11 is 7.67. The molecule has 33 heavy (non-hydrogen) atoms. The molecule has 0 aliphatic heterocycles. The fourth-order valence-corrected chi connectivity index (χ4v) is 5.06. The number of ether oxygens (including phenoxy) is 2. The van der Waals surface area contributed by atoms with Crippen molar-refractivity contribution in [1.29, 1.82) is 0 Å². The first kappa shape index (κ1) is 23.1. The molecule has 4 aromatic rings. The van der Waals surface area contributed by atoms with Gasteiger partial charge in [-0.05, 0) is 56.7 Å². The molecule has 0 saturated carbocycles. The highest BCUT2D eigenvalue weighted by Gasteiger charge is 2.22. The van der Waals surface area contributed by atoms with Crippen LogP contribution in [0.5, 0.6) is 11.5 Å². The Hall–Kier alpha value is -3.10. The minimum atomic E-state index is -0.192. The first-order valence-electron chi connectivity index (χ1n) is 10.5. The summed E-state index contributed by atoms with van der Waals surface area (Å²) in [6.07, 6.45) is 0. The van der Waals surface area contributed by atoms with E-state index in [0.717, 1.165) is 27.2 Å². The Morgan fingerprint density at radius 3 is 2.67 bits per heavy atom. The molecule has 2 heterocycles. The van der Waals surface area contributed by atoms with E-state index in [1.165, 1.54) is 11.3 Å². The van der Waals surface area contributed by atoms with E-state index in [1.807, 2.05) is 55.8 Å². The van der Waals surface area contributed by atoms with Crippen LogP contribution < -0.4 is 14.4 Å². The number of carbonyl (C=O) groups excluding carboxylic acids is 1. The summed E-state index contributed by atoms with van der Waals surface area (Å²) in [5, 5.41) is 5.77. The second-order valence-corrected chi connectivity index (χ2v) is 9.17. The Labute approximate surface area is 201 Å². The molecule has 0 bridgehead atoms. The van der Waals surface area contributed by atoms with Crippen molar-refractivity contribution in [1.82, 2.24) is 14.8 Å². The largest absolute Gasteiger partial charge is 0.497 e. The molecule has 0 atom stereocenters. The molecule has 2 aromatic heterocycles. The zero-order chi connectivity index (χ0) is 23.5. The summed E-state index contributed by atoms with van der Waals surface area (Å²) in [7, 11) is 1.59. The van der Waals surface area contributed by atoms with E-state index in [-0.39, 0.29) is 12.5 Å². The zero-order valence-corrected chi connectivity index (χ0v) is 20.5. The number of rotatable bonds is 8. The topological polar surface area (TPSA) is 69.5 Å². The van der Waals surface area contributed by atoms with Crippen LogP contribution in [0.4, 0.5) is 5.13 Å². The lowest BCUT2D eigenvalue weighted by molar-refractivity contribution is -0.120. The van der Waals surface area contributed by atoms with Crippen molar-refractivity contribution >= 4 is 44.2 Å². The standard InChI is InChI=1S/C24H25ClN4O3S/c1-15-10-18(25)12-21-23(15)26-24(33-21)28(8-9-29-17(3)11-16(2)27-29)22(30)14-32-20-7-5-6-19(13-20)31-4/h5-7,10-13H,8-9,14H2,1-4H3.